The summed E-state index contributed by atoms with van der Waals surface area (Å²) < 4.78 is 5.42. The number of carbonyl (C=O) groups excluding carboxylic acids is 2. The van der Waals surface area contributed by atoms with Gasteiger partial charge in [0.1, 0.15) is 5.69 Å². The molecule has 1 amide bonds. The van der Waals surface area contributed by atoms with Gasteiger partial charge in [0.15, 0.2) is 6.10 Å². The Morgan fingerprint density at radius 1 is 1.19 bits per heavy atom. The Morgan fingerprint density at radius 3 is 2.69 bits per heavy atom. The molecule has 0 unspecified atom stereocenters. The summed E-state index contributed by atoms with van der Waals surface area (Å²) in [6.45, 7) is 0.468. The van der Waals surface area contributed by atoms with Gasteiger partial charge in [0.05, 0.1) is 11.6 Å². The molecule has 4 rings (SSSR count). The highest BCUT2D eigenvalue weighted by Crippen LogP contribution is 2.24. The van der Waals surface area contributed by atoms with Gasteiger partial charge in [-0.2, -0.15) is 5.26 Å². The van der Waals surface area contributed by atoms with E-state index >= 15 is 0 Å². The number of ether oxygens (including phenoxy) is 1. The summed E-state index contributed by atoms with van der Waals surface area (Å²) in [6.07, 6.45) is -0.366. The molecule has 128 valence electrons. The molecule has 0 radical (unpaired) electrons. The van der Waals surface area contributed by atoms with E-state index in [0.29, 0.717) is 29.9 Å². The van der Waals surface area contributed by atoms with Crippen molar-refractivity contribution >= 4 is 28.5 Å². The number of H-pyrrole nitrogens is 1. The van der Waals surface area contributed by atoms with Gasteiger partial charge in [-0.3, -0.25) is 4.79 Å². The average Bonchev–Trinajstić information content (AvgIpc) is 3.26. The molecule has 3 aromatic rings. The molecule has 1 aliphatic heterocycles. The first-order chi connectivity index (χ1) is 12.7. The van der Waals surface area contributed by atoms with Gasteiger partial charge in [0.25, 0.3) is 5.91 Å². The highest BCUT2D eigenvalue weighted by molar-refractivity contribution is 6.01. The Bertz CT molecular complexity index is 997. The lowest BCUT2D eigenvalue weighted by molar-refractivity contribution is -0.124. The van der Waals surface area contributed by atoms with Crippen molar-refractivity contribution in [1.29, 1.82) is 5.26 Å². The molecule has 1 atom stereocenters. The van der Waals surface area contributed by atoms with Crippen molar-refractivity contribution < 1.29 is 14.3 Å². The first kappa shape index (κ1) is 15.9. The number of rotatable bonds is 3. The minimum absolute atomic E-state index is 0.251. The summed E-state index contributed by atoms with van der Waals surface area (Å²) >= 11 is 0. The van der Waals surface area contributed by atoms with E-state index in [1.807, 2.05) is 30.3 Å². The topological polar surface area (TPSA) is 86.2 Å². The molecule has 6 heteroatoms. The van der Waals surface area contributed by atoms with Gasteiger partial charge in [-0.05, 0) is 36.4 Å². The number of hydrogen-bond acceptors (Lipinski definition) is 4. The summed E-state index contributed by atoms with van der Waals surface area (Å²) in [5, 5.41) is 9.77. The number of para-hydroxylation sites is 1. The molecule has 1 aromatic heterocycles. The van der Waals surface area contributed by atoms with E-state index in [1.165, 1.54) is 0 Å². The predicted molar refractivity (Wildman–Crippen MR) is 95.6 cm³/mol. The SMILES string of the molecule is N#Cc1ccc(N2CC[C@H](OC(=O)c3cc4ccccc4[nH]3)C2=O)cc1. The van der Waals surface area contributed by atoms with E-state index in [2.05, 4.69) is 4.98 Å². The second-order valence-electron chi connectivity index (χ2n) is 6.10. The fourth-order valence-electron chi connectivity index (χ4n) is 3.11. The summed E-state index contributed by atoms with van der Waals surface area (Å²) in [6, 6.07) is 18.1. The fourth-order valence-corrected chi connectivity index (χ4v) is 3.11. The Hall–Kier alpha value is -3.59. The standard InChI is InChI=1S/C20H15N3O3/c21-12-13-5-7-15(8-6-13)23-10-9-18(19(23)24)26-20(25)17-11-14-3-1-2-4-16(14)22-17/h1-8,11,18,22H,9-10H2/t18-/m0/s1. The quantitative estimate of drug-likeness (QED) is 0.739. The van der Waals surface area contributed by atoms with Crippen molar-refractivity contribution in [3.8, 4) is 6.07 Å². The van der Waals surface area contributed by atoms with E-state index in [-0.39, 0.29) is 5.91 Å². The minimum Gasteiger partial charge on any atom is -0.447 e. The van der Waals surface area contributed by atoms with Crippen molar-refractivity contribution in [3.05, 3.63) is 65.9 Å². The molecule has 0 bridgehead atoms. The molecule has 1 fully saturated rings. The van der Waals surface area contributed by atoms with Gasteiger partial charge in [0.2, 0.25) is 0 Å². The van der Waals surface area contributed by atoms with Crippen LogP contribution in [0.4, 0.5) is 5.69 Å². The van der Waals surface area contributed by atoms with E-state index in [1.54, 1.807) is 35.2 Å². The monoisotopic (exact) mass is 345 g/mol. The van der Waals surface area contributed by atoms with Crippen molar-refractivity contribution in [1.82, 2.24) is 4.98 Å². The molecule has 2 heterocycles. The smallest absolute Gasteiger partial charge is 0.355 e. The highest BCUT2D eigenvalue weighted by Gasteiger charge is 2.35. The molecule has 0 saturated carbocycles. The summed E-state index contributed by atoms with van der Waals surface area (Å²) in [5.41, 5.74) is 2.40. The fraction of sp³-hybridized carbons (Fsp3) is 0.150. The highest BCUT2D eigenvalue weighted by atomic mass is 16.5. The number of hydrogen-bond donors (Lipinski definition) is 1. The molecule has 2 aromatic carbocycles. The van der Waals surface area contributed by atoms with Crippen LogP contribution in [0.15, 0.2) is 54.6 Å². The van der Waals surface area contributed by atoms with Gasteiger partial charge >= 0.3 is 5.97 Å². The van der Waals surface area contributed by atoms with Crippen LogP contribution < -0.4 is 4.90 Å². The van der Waals surface area contributed by atoms with Crippen LogP contribution in [0.3, 0.4) is 0 Å². The second-order valence-corrected chi connectivity index (χ2v) is 6.10. The first-order valence-corrected chi connectivity index (χ1v) is 8.26. The van der Waals surface area contributed by atoms with E-state index in [4.69, 9.17) is 10.00 Å². The minimum atomic E-state index is -0.801. The molecule has 0 aliphatic carbocycles. The van der Waals surface area contributed by atoms with Gasteiger partial charge in [-0.15, -0.1) is 0 Å². The largest absolute Gasteiger partial charge is 0.447 e. The third-order valence-corrected chi connectivity index (χ3v) is 4.46. The zero-order chi connectivity index (χ0) is 18.1. The number of esters is 1. The maximum absolute atomic E-state index is 12.6. The van der Waals surface area contributed by atoms with Crippen molar-refractivity contribution in [3.63, 3.8) is 0 Å². The molecule has 1 N–H and O–H groups in total. The number of amides is 1. The van der Waals surface area contributed by atoms with E-state index < -0.39 is 12.1 Å². The van der Waals surface area contributed by atoms with Gasteiger partial charge in [-0.25, -0.2) is 4.79 Å². The van der Waals surface area contributed by atoms with Crippen molar-refractivity contribution in [2.45, 2.75) is 12.5 Å². The lowest BCUT2D eigenvalue weighted by Gasteiger charge is -2.16. The molecule has 26 heavy (non-hydrogen) atoms. The lowest BCUT2D eigenvalue weighted by atomic mass is 10.2. The Balaban J connectivity index is 1.47. The average molecular weight is 345 g/mol. The van der Waals surface area contributed by atoms with Gasteiger partial charge in [0, 0.05) is 29.6 Å². The van der Waals surface area contributed by atoms with Crippen LogP contribution in [-0.4, -0.2) is 29.5 Å². The summed E-state index contributed by atoms with van der Waals surface area (Å²) in [5.74, 6) is -0.791. The molecule has 0 spiro atoms. The zero-order valence-electron chi connectivity index (χ0n) is 13.8. The van der Waals surface area contributed by atoms with E-state index in [9.17, 15) is 9.59 Å². The number of aromatic nitrogens is 1. The molecular weight excluding hydrogens is 330 g/mol. The van der Waals surface area contributed by atoms with Crippen molar-refractivity contribution in [2.24, 2.45) is 0 Å². The van der Waals surface area contributed by atoms with Gasteiger partial charge < -0.3 is 14.6 Å². The third-order valence-electron chi connectivity index (χ3n) is 4.46. The third kappa shape index (κ3) is 2.80. The maximum atomic E-state index is 12.6. The van der Waals surface area contributed by atoms with E-state index in [0.717, 1.165) is 10.9 Å². The lowest BCUT2D eigenvalue weighted by Crippen LogP contribution is -2.32. The maximum Gasteiger partial charge on any atom is 0.355 e. The number of carbonyl (C=O) groups is 2. The number of benzene rings is 2. The van der Waals surface area contributed by atoms with Crippen LogP contribution in [0, 0.1) is 11.3 Å². The van der Waals surface area contributed by atoms with Crippen LogP contribution in [-0.2, 0) is 9.53 Å². The Morgan fingerprint density at radius 2 is 1.96 bits per heavy atom. The number of nitrogens with one attached hydrogen (secondary N) is 1. The van der Waals surface area contributed by atoms with Gasteiger partial charge in [-0.1, -0.05) is 18.2 Å². The summed E-state index contributed by atoms with van der Waals surface area (Å²) in [4.78, 5) is 29.5. The molecule has 6 nitrogen and oxygen atoms in total. The normalized spacial score (nSPS) is 16.7. The molecule has 1 saturated heterocycles. The second kappa shape index (κ2) is 6.37. The molecular formula is C20H15N3O3. The first-order valence-electron chi connectivity index (χ1n) is 8.26. The predicted octanol–water partition coefficient (Wildman–Crippen LogP) is 3.00. The Labute approximate surface area is 149 Å². The summed E-state index contributed by atoms with van der Waals surface area (Å²) in [7, 11) is 0. The van der Waals surface area contributed by atoms with Crippen LogP contribution >= 0.6 is 0 Å². The van der Waals surface area contributed by atoms with Crippen LogP contribution in [0.2, 0.25) is 0 Å². The van der Waals surface area contributed by atoms with Crippen LogP contribution in [0.1, 0.15) is 22.5 Å². The van der Waals surface area contributed by atoms with Crippen LogP contribution in [0.25, 0.3) is 10.9 Å². The van der Waals surface area contributed by atoms with Crippen LogP contribution in [0.5, 0.6) is 0 Å². The number of anilines is 1. The zero-order valence-corrected chi connectivity index (χ0v) is 13.8. The molecule has 1 aliphatic rings. The number of aromatic amines is 1. The number of nitrogens with zero attached hydrogens (tertiary/aromatic N) is 2. The number of fused-ring (bicyclic) bond motifs is 1. The number of nitriles is 1. The van der Waals surface area contributed by atoms with Crippen molar-refractivity contribution in [2.75, 3.05) is 11.4 Å². The Kier molecular flexibility index (Phi) is 3.90.